The largest absolute Gasteiger partial charge is 0.398 e. The van der Waals surface area contributed by atoms with Crippen LogP contribution < -0.4 is 11.1 Å². The Morgan fingerprint density at radius 2 is 2.11 bits per heavy atom. The molecule has 1 aromatic rings. The molecule has 100 valence electrons. The fourth-order valence-corrected chi connectivity index (χ4v) is 1.90. The molecular weight excluding hydrogens is 248 g/mol. The van der Waals surface area contributed by atoms with Crippen LogP contribution in [0.4, 0.5) is 5.69 Å². The summed E-state index contributed by atoms with van der Waals surface area (Å²) in [7, 11) is 0. The summed E-state index contributed by atoms with van der Waals surface area (Å²) in [6, 6.07) is 4.92. The molecule has 1 aromatic carbocycles. The molecule has 0 aliphatic heterocycles. The van der Waals surface area contributed by atoms with Crippen molar-refractivity contribution in [1.29, 1.82) is 0 Å². The number of nitrogens with one attached hydrogen (secondary N) is 1. The predicted molar refractivity (Wildman–Crippen MR) is 76.9 cm³/mol. The lowest BCUT2D eigenvalue weighted by Crippen LogP contribution is -2.25. The van der Waals surface area contributed by atoms with Crippen LogP contribution in [-0.2, 0) is 0 Å². The van der Waals surface area contributed by atoms with Crippen molar-refractivity contribution in [3.05, 3.63) is 28.8 Å². The van der Waals surface area contributed by atoms with Crippen LogP contribution in [0.25, 0.3) is 0 Å². The van der Waals surface area contributed by atoms with Gasteiger partial charge in [0.1, 0.15) is 0 Å². The Balaban J connectivity index is 2.36. The Labute approximate surface area is 114 Å². The third-order valence-corrected chi connectivity index (χ3v) is 2.99. The maximum atomic E-state index is 11.8. The van der Waals surface area contributed by atoms with Crippen LogP contribution in [0.5, 0.6) is 0 Å². The van der Waals surface area contributed by atoms with Crippen LogP contribution in [0.2, 0.25) is 5.02 Å². The number of anilines is 1. The lowest BCUT2D eigenvalue weighted by Gasteiger charge is -2.08. The molecule has 0 heterocycles. The second-order valence-electron chi connectivity index (χ2n) is 4.88. The first-order valence-electron chi connectivity index (χ1n) is 6.34. The highest BCUT2D eigenvalue weighted by atomic mass is 35.5. The van der Waals surface area contributed by atoms with Crippen molar-refractivity contribution in [3.63, 3.8) is 0 Å². The van der Waals surface area contributed by atoms with E-state index in [-0.39, 0.29) is 5.91 Å². The molecule has 3 N–H and O–H groups in total. The molecule has 18 heavy (non-hydrogen) atoms. The van der Waals surface area contributed by atoms with Crippen molar-refractivity contribution in [2.45, 2.75) is 33.1 Å². The number of halogens is 1. The van der Waals surface area contributed by atoms with Crippen molar-refractivity contribution >= 4 is 23.2 Å². The minimum absolute atomic E-state index is 0.131. The Kier molecular flexibility index (Phi) is 5.99. The number of nitrogen functional groups attached to an aromatic ring is 1. The third-order valence-electron chi connectivity index (χ3n) is 2.75. The van der Waals surface area contributed by atoms with E-state index in [0.717, 1.165) is 12.8 Å². The lowest BCUT2D eigenvalue weighted by atomic mass is 10.1. The first-order valence-corrected chi connectivity index (χ1v) is 6.71. The van der Waals surface area contributed by atoms with E-state index in [0.29, 0.717) is 28.7 Å². The van der Waals surface area contributed by atoms with Crippen LogP contribution in [-0.4, -0.2) is 12.5 Å². The van der Waals surface area contributed by atoms with E-state index in [2.05, 4.69) is 19.2 Å². The van der Waals surface area contributed by atoms with Gasteiger partial charge in [-0.1, -0.05) is 38.3 Å². The van der Waals surface area contributed by atoms with Gasteiger partial charge in [0.05, 0.1) is 5.56 Å². The molecule has 1 amide bonds. The number of unbranched alkanes of at least 4 members (excludes halogenated alkanes) is 1. The highest BCUT2D eigenvalue weighted by Crippen LogP contribution is 2.17. The van der Waals surface area contributed by atoms with E-state index in [1.54, 1.807) is 18.2 Å². The van der Waals surface area contributed by atoms with Gasteiger partial charge >= 0.3 is 0 Å². The van der Waals surface area contributed by atoms with Crippen molar-refractivity contribution in [3.8, 4) is 0 Å². The number of rotatable bonds is 6. The van der Waals surface area contributed by atoms with Gasteiger partial charge < -0.3 is 11.1 Å². The topological polar surface area (TPSA) is 55.1 Å². The monoisotopic (exact) mass is 268 g/mol. The summed E-state index contributed by atoms with van der Waals surface area (Å²) in [5, 5.41) is 3.41. The molecule has 0 radical (unpaired) electrons. The van der Waals surface area contributed by atoms with Gasteiger partial charge in [-0.15, -0.1) is 0 Å². The summed E-state index contributed by atoms with van der Waals surface area (Å²) in [5.41, 5.74) is 6.65. The molecule has 0 spiro atoms. The SMILES string of the molecule is CC(C)CCCCNC(=O)c1ccc(Cl)cc1N. The first kappa shape index (κ1) is 14.8. The van der Waals surface area contributed by atoms with Gasteiger partial charge in [-0.05, 0) is 30.5 Å². The van der Waals surface area contributed by atoms with Crippen molar-refractivity contribution in [1.82, 2.24) is 5.32 Å². The molecule has 0 atom stereocenters. The van der Waals surface area contributed by atoms with Gasteiger partial charge in [0, 0.05) is 17.3 Å². The number of benzene rings is 1. The number of hydrogen-bond acceptors (Lipinski definition) is 2. The minimum atomic E-state index is -0.131. The van der Waals surface area contributed by atoms with Crippen LogP contribution in [0.15, 0.2) is 18.2 Å². The zero-order chi connectivity index (χ0) is 13.5. The summed E-state index contributed by atoms with van der Waals surface area (Å²) in [5.74, 6) is 0.585. The summed E-state index contributed by atoms with van der Waals surface area (Å²) in [4.78, 5) is 11.8. The molecule has 0 aliphatic carbocycles. The molecule has 0 bridgehead atoms. The van der Waals surface area contributed by atoms with Gasteiger partial charge in [0.25, 0.3) is 5.91 Å². The minimum Gasteiger partial charge on any atom is -0.398 e. The van der Waals surface area contributed by atoms with Crippen LogP contribution >= 0.6 is 11.6 Å². The number of amides is 1. The average molecular weight is 269 g/mol. The summed E-state index contributed by atoms with van der Waals surface area (Å²) >= 11 is 5.79. The van der Waals surface area contributed by atoms with E-state index in [1.165, 1.54) is 6.42 Å². The molecule has 0 aliphatic rings. The Morgan fingerprint density at radius 3 is 2.72 bits per heavy atom. The molecule has 1 rings (SSSR count). The standard InChI is InChI=1S/C14H21ClN2O/c1-10(2)5-3-4-8-17-14(18)12-7-6-11(15)9-13(12)16/h6-7,9-10H,3-5,8,16H2,1-2H3,(H,17,18). The Morgan fingerprint density at radius 1 is 1.39 bits per heavy atom. The van der Waals surface area contributed by atoms with Crippen molar-refractivity contribution < 1.29 is 4.79 Å². The molecule has 0 saturated carbocycles. The van der Waals surface area contributed by atoms with Crippen LogP contribution in [0, 0.1) is 5.92 Å². The molecule has 0 fully saturated rings. The Bertz CT molecular complexity index is 405. The maximum absolute atomic E-state index is 11.8. The molecule has 0 aromatic heterocycles. The number of carbonyl (C=O) groups excluding carboxylic acids is 1. The van der Waals surface area contributed by atoms with Gasteiger partial charge in [-0.25, -0.2) is 0 Å². The summed E-state index contributed by atoms with van der Waals surface area (Å²) < 4.78 is 0. The van der Waals surface area contributed by atoms with Gasteiger partial charge in [-0.3, -0.25) is 4.79 Å². The number of nitrogens with two attached hydrogens (primary N) is 1. The zero-order valence-corrected chi connectivity index (χ0v) is 11.8. The van der Waals surface area contributed by atoms with E-state index in [4.69, 9.17) is 17.3 Å². The summed E-state index contributed by atoms with van der Waals surface area (Å²) in [6.45, 7) is 5.09. The second-order valence-corrected chi connectivity index (χ2v) is 5.31. The third kappa shape index (κ3) is 4.96. The van der Waals surface area contributed by atoms with Gasteiger partial charge in [0.2, 0.25) is 0 Å². The van der Waals surface area contributed by atoms with E-state index >= 15 is 0 Å². The summed E-state index contributed by atoms with van der Waals surface area (Å²) in [6.07, 6.45) is 3.32. The quantitative estimate of drug-likeness (QED) is 0.613. The predicted octanol–water partition coefficient (Wildman–Crippen LogP) is 3.48. The smallest absolute Gasteiger partial charge is 0.253 e. The van der Waals surface area contributed by atoms with E-state index < -0.39 is 0 Å². The van der Waals surface area contributed by atoms with E-state index in [9.17, 15) is 4.79 Å². The number of hydrogen-bond donors (Lipinski definition) is 2. The first-order chi connectivity index (χ1) is 8.50. The normalized spacial score (nSPS) is 10.7. The highest BCUT2D eigenvalue weighted by molar-refractivity contribution is 6.31. The highest BCUT2D eigenvalue weighted by Gasteiger charge is 2.08. The molecule has 4 heteroatoms. The molecule has 3 nitrogen and oxygen atoms in total. The van der Waals surface area contributed by atoms with Gasteiger partial charge in [0.15, 0.2) is 0 Å². The van der Waals surface area contributed by atoms with Crippen molar-refractivity contribution in [2.24, 2.45) is 5.92 Å². The number of carbonyl (C=O) groups is 1. The average Bonchev–Trinajstić information content (AvgIpc) is 2.27. The zero-order valence-electron chi connectivity index (χ0n) is 11.0. The Hall–Kier alpha value is -1.22. The van der Waals surface area contributed by atoms with Crippen LogP contribution in [0.3, 0.4) is 0 Å². The molecule has 0 unspecified atom stereocenters. The van der Waals surface area contributed by atoms with Crippen molar-refractivity contribution in [2.75, 3.05) is 12.3 Å². The molecular formula is C14H21ClN2O. The van der Waals surface area contributed by atoms with Crippen LogP contribution in [0.1, 0.15) is 43.5 Å². The fourth-order valence-electron chi connectivity index (χ4n) is 1.72. The fraction of sp³-hybridized carbons (Fsp3) is 0.500. The lowest BCUT2D eigenvalue weighted by molar-refractivity contribution is 0.0954. The maximum Gasteiger partial charge on any atom is 0.253 e. The van der Waals surface area contributed by atoms with E-state index in [1.807, 2.05) is 0 Å². The molecule has 0 saturated heterocycles. The second kappa shape index (κ2) is 7.27. The van der Waals surface area contributed by atoms with Gasteiger partial charge in [-0.2, -0.15) is 0 Å².